The number of nitrogens with two attached hydrogens (primary N) is 1. The Kier molecular flexibility index (Phi) is 4.75. The molecule has 2 aromatic rings. The molecule has 0 fully saturated rings. The highest BCUT2D eigenvalue weighted by Gasteiger charge is 2.38. The molecule has 2 heterocycles. The molecule has 0 saturated heterocycles. The zero-order valence-corrected chi connectivity index (χ0v) is 13.6. The monoisotopic (exact) mass is 373 g/mol. The third kappa shape index (κ3) is 3.81. The Bertz CT molecular complexity index is 780. The van der Waals surface area contributed by atoms with Crippen LogP contribution in [0.2, 0.25) is 0 Å². The standard InChI is InChI=1S/C14H14F3N5O2S/c15-14(16,17)12-20-21-13(22(12)18)25-7-11(23)19-9-5-6-24-10-4-2-1-3-8(9)10/h1-4,9H,5-7,18H2,(H,19,23). The summed E-state index contributed by atoms with van der Waals surface area (Å²) in [6, 6.07) is 7.15. The Balaban J connectivity index is 1.61. The number of carbonyl (C=O) groups excluding carboxylic acids is 1. The zero-order valence-electron chi connectivity index (χ0n) is 12.8. The van der Waals surface area contributed by atoms with Crippen molar-refractivity contribution in [1.29, 1.82) is 0 Å². The van der Waals surface area contributed by atoms with Crippen LogP contribution < -0.4 is 15.9 Å². The van der Waals surface area contributed by atoms with Crippen LogP contribution in [0.1, 0.15) is 23.9 Å². The van der Waals surface area contributed by atoms with Crippen molar-refractivity contribution in [3.05, 3.63) is 35.7 Å². The van der Waals surface area contributed by atoms with Gasteiger partial charge in [0.15, 0.2) is 0 Å². The van der Waals surface area contributed by atoms with Gasteiger partial charge in [0.05, 0.1) is 18.4 Å². The molecular formula is C14H14F3N5O2S. The molecule has 3 rings (SSSR count). The molecule has 25 heavy (non-hydrogen) atoms. The predicted octanol–water partition coefficient (Wildman–Crippen LogP) is 1.74. The number of nitrogens with one attached hydrogen (secondary N) is 1. The summed E-state index contributed by atoms with van der Waals surface area (Å²) in [5.41, 5.74) is 0.869. The molecule has 1 atom stereocenters. The van der Waals surface area contributed by atoms with Crippen molar-refractivity contribution < 1.29 is 22.7 Å². The Morgan fingerprint density at radius 2 is 2.16 bits per heavy atom. The average molecular weight is 373 g/mol. The predicted molar refractivity (Wildman–Crippen MR) is 83.3 cm³/mol. The maximum Gasteiger partial charge on any atom is 0.453 e. The van der Waals surface area contributed by atoms with Crippen LogP contribution in [0.15, 0.2) is 29.4 Å². The first-order chi connectivity index (χ1) is 11.9. The van der Waals surface area contributed by atoms with Gasteiger partial charge in [0.25, 0.3) is 5.82 Å². The molecule has 1 aromatic carbocycles. The molecule has 11 heteroatoms. The summed E-state index contributed by atoms with van der Waals surface area (Å²) < 4.78 is 43.7. The van der Waals surface area contributed by atoms with Crippen molar-refractivity contribution in [2.24, 2.45) is 0 Å². The Hall–Kier alpha value is -2.43. The Morgan fingerprint density at radius 1 is 1.40 bits per heavy atom. The van der Waals surface area contributed by atoms with Gasteiger partial charge in [-0.2, -0.15) is 13.2 Å². The third-order valence-corrected chi connectivity index (χ3v) is 4.49. The van der Waals surface area contributed by atoms with Crippen LogP contribution in [0.5, 0.6) is 5.75 Å². The van der Waals surface area contributed by atoms with E-state index < -0.39 is 12.0 Å². The number of thioether (sulfide) groups is 1. The molecule has 0 aliphatic carbocycles. The van der Waals surface area contributed by atoms with Gasteiger partial charge < -0.3 is 15.9 Å². The fraction of sp³-hybridized carbons (Fsp3) is 0.357. The lowest BCUT2D eigenvalue weighted by Gasteiger charge is -2.26. The number of nitrogens with zero attached hydrogens (tertiary/aromatic N) is 3. The van der Waals surface area contributed by atoms with Crippen molar-refractivity contribution in [2.75, 3.05) is 18.2 Å². The van der Waals surface area contributed by atoms with Gasteiger partial charge in [0, 0.05) is 12.0 Å². The minimum atomic E-state index is -4.70. The zero-order chi connectivity index (χ0) is 18.0. The summed E-state index contributed by atoms with van der Waals surface area (Å²) >= 11 is 0.783. The third-order valence-electron chi connectivity index (χ3n) is 3.54. The summed E-state index contributed by atoms with van der Waals surface area (Å²) in [6.45, 7) is 0.473. The Morgan fingerprint density at radius 3 is 2.88 bits per heavy atom. The van der Waals surface area contributed by atoms with E-state index in [2.05, 4.69) is 15.5 Å². The number of hydrogen-bond donors (Lipinski definition) is 2. The largest absolute Gasteiger partial charge is 0.493 e. The molecule has 1 aromatic heterocycles. The number of halogens is 3. The Labute approximate surface area is 144 Å². The SMILES string of the molecule is Nn1c(SCC(=O)NC2CCOc3ccccc32)nnc1C(F)(F)F. The van der Waals surface area contributed by atoms with E-state index in [0.29, 0.717) is 23.5 Å². The van der Waals surface area contributed by atoms with E-state index in [9.17, 15) is 18.0 Å². The molecule has 0 spiro atoms. The van der Waals surface area contributed by atoms with Gasteiger partial charge in [-0.1, -0.05) is 30.0 Å². The molecule has 1 aliphatic rings. The molecule has 1 aliphatic heterocycles. The minimum absolute atomic E-state index is 0.132. The number of nitrogen functional groups attached to an aromatic ring is 1. The van der Waals surface area contributed by atoms with Crippen LogP contribution in [0.3, 0.4) is 0 Å². The molecule has 1 amide bonds. The van der Waals surface area contributed by atoms with E-state index in [0.717, 1.165) is 17.3 Å². The van der Waals surface area contributed by atoms with Gasteiger partial charge in [-0.3, -0.25) is 4.79 Å². The van der Waals surface area contributed by atoms with Crippen molar-refractivity contribution in [1.82, 2.24) is 20.2 Å². The number of ether oxygens (including phenoxy) is 1. The molecule has 3 N–H and O–H groups in total. The second kappa shape index (κ2) is 6.82. The number of fused-ring (bicyclic) bond motifs is 1. The summed E-state index contributed by atoms with van der Waals surface area (Å²) in [4.78, 5) is 12.1. The lowest BCUT2D eigenvalue weighted by molar-refractivity contribution is -0.146. The van der Waals surface area contributed by atoms with Gasteiger partial charge in [0.2, 0.25) is 11.1 Å². The van der Waals surface area contributed by atoms with E-state index in [1.807, 2.05) is 24.3 Å². The summed E-state index contributed by atoms with van der Waals surface area (Å²) in [6.07, 6.45) is -4.09. The molecule has 0 bridgehead atoms. The van der Waals surface area contributed by atoms with Crippen molar-refractivity contribution in [3.8, 4) is 5.75 Å². The lowest BCUT2D eigenvalue weighted by atomic mass is 10.0. The summed E-state index contributed by atoms with van der Waals surface area (Å²) in [5.74, 6) is 4.25. The fourth-order valence-electron chi connectivity index (χ4n) is 2.43. The second-order valence-corrected chi connectivity index (χ2v) is 6.20. The first kappa shape index (κ1) is 17.4. The maximum atomic E-state index is 12.6. The molecular weight excluding hydrogens is 359 g/mol. The first-order valence-corrected chi connectivity index (χ1v) is 8.26. The van der Waals surface area contributed by atoms with E-state index in [4.69, 9.17) is 10.6 Å². The molecule has 0 radical (unpaired) electrons. The number of hydrogen-bond acceptors (Lipinski definition) is 6. The first-order valence-electron chi connectivity index (χ1n) is 7.28. The molecule has 7 nitrogen and oxygen atoms in total. The van der Waals surface area contributed by atoms with Crippen LogP contribution in [-0.4, -0.2) is 33.1 Å². The number of para-hydroxylation sites is 1. The van der Waals surface area contributed by atoms with Gasteiger partial charge in [-0.25, -0.2) is 4.68 Å². The summed E-state index contributed by atoms with van der Waals surface area (Å²) in [7, 11) is 0. The number of rotatable bonds is 4. The van der Waals surface area contributed by atoms with Crippen molar-refractivity contribution in [2.45, 2.75) is 23.8 Å². The van der Waals surface area contributed by atoms with E-state index in [1.54, 1.807) is 0 Å². The van der Waals surface area contributed by atoms with Crippen LogP contribution in [0, 0.1) is 0 Å². The van der Waals surface area contributed by atoms with E-state index in [-0.39, 0.29) is 22.9 Å². The highest BCUT2D eigenvalue weighted by molar-refractivity contribution is 7.99. The number of alkyl halides is 3. The van der Waals surface area contributed by atoms with Gasteiger partial charge in [-0.05, 0) is 6.07 Å². The van der Waals surface area contributed by atoms with E-state index in [1.165, 1.54) is 0 Å². The fourth-order valence-corrected chi connectivity index (χ4v) is 3.09. The number of benzene rings is 1. The smallest absolute Gasteiger partial charge is 0.453 e. The van der Waals surface area contributed by atoms with Gasteiger partial charge in [0.1, 0.15) is 5.75 Å². The number of amides is 1. The molecule has 1 unspecified atom stereocenters. The van der Waals surface area contributed by atoms with Crippen LogP contribution in [0.4, 0.5) is 13.2 Å². The van der Waals surface area contributed by atoms with Crippen LogP contribution in [-0.2, 0) is 11.0 Å². The van der Waals surface area contributed by atoms with E-state index >= 15 is 0 Å². The van der Waals surface area contributed by atoms with Crippen LogP contribution >= 0.6 is 11.8 Å². The van der Waals surface area contributed by atoms with Gasteiger partial charge in [-0.15, -0.1) is 10.2 Å². The number of aromatic nitrogens is 3. The molecule has 0 saturated carbocycles. The topological polar surface area (TPSA) is 95.1 Å². The summed E-state index contributed by atoms with van der Waals surface area (Å²) in [5, 5.41) is 9.03. The van der Waals surface area contributed by atoms with Crippen molar-refractivity contribution in [3.63, 3.8) is 0 Å². The highest BCUT2D eigenvalue weighted by atomic mass is 32.2. The lowest BCUT2D eigenvalue weighted by Crippen LogP contribution is -2.33. The normalized spacial score (nSPS) is 16.8. The minimum Gasteiger partial charge on any atom is -0.493 e. The second-order valence-electron chi connectivity index (χ2n) is 5.26. The number of carbonyl (C=O) groups is 1. The maximum absolute atomic E-state index is 12.6. The van der Waals surface area contributed by atoms with Gasteiger partial charge >= 0.3 is 6.18 Å². The van der Waals surface area contributed by atoms with Crippen molar-refractivity contribution >= 4 is 17.7 Å². The average Bonchev–Trinajstić information content (AvgIpc) is 2.94. The quantitative estimate of drug-likeness (QED) is 0.626. The van der Waals surface area contributed by atoms with Crippen LogP contribution in [0.25, 0.3) is 0 Å². The molecule has 134 valence electrons. The highest BCUT2D eigenvalue weighted by Crippen LogP contribution is 2.32.